The number of rotatable bonds is 3. The standard InChI is InChI=1S/C10H14ClN5/c1-6-7(9(11)16(2)15-6)5-8(12)10-13-3-4-14-10/h3-4,8H,5,12H2,1-2H3,(H,13,14). The molecule has 0 saturated carbocycles. The average molecular weight is 240 g/mol. The van der Waals surface area contributed by atoms with Crippen LogP contribution in [0.2, 0.25) is 5.15 Å². The minimum atomic E-state index is -0.185. The highest BCUT2D eigenvalue weighted by molar-refractivity contribution is 6.30. The average Bonchev–Trinajstić information content (AvgIpc) is 2.83. The van der Waals surface area contributed by atoms with E-state index in [-0.39, 0.29) is 6.04 Å². The summed E-state index contributed by atoms with van der Waals surface area (Å²) in [6, 6.07) is -0.185. The lowest BCUT2D eigenvalue weighted by atomic mass is 10.1. The normalized spacial score (nSPS) is 13.0. The Morgan fingerprint density at radius 3 is 2.88 bits per heavy atom. The number of hydrogen-bond acceptors (Lipinski definition) is 3. The Hall–Kier alpha value is -1.33. The Bertz CT molecular complexity index is 474. The summed E-state index contributed by atoms with van der Waals surface area (Å²) in [6.07, 6.45) is 4.08. The number of nitrogens with two attached hydrogens (primary N) is 1. The van der Waals surface area contributed by atoms with Gasteiger partial charge in [-0.15, -0.1) is 0 Å². The maximum Gasteiger partial charge on any atom is 0.130 e. The van der Waals surface area contributed by atoms with E-state index in [1.807, 2.05) is 14.0 Å². The van der Waals surface area contributed by atoms with Crippen molar-refractivity contribution in [1.29, 1.82) is 0 Å². The largest absolute Gasteiger partial charge is 0.347 e. The van der Waals surface area contributed by atoms with E-state index in [4.69, 9.17) is 17.3 Å². The molecule has 6 heteroatoms. The van der Waals surface area contributed by atoms with E-state index in [0.29, 0.717) is 11.6 Å². The number of nitrogens with zero attached hydrogens (tertiary/aromatic N) is 3. The predicted molar refractivity (Wildman–Crippen MR) is 62.2 cm³/mol. The molecule has 0 aliphatic rings. The van der Waals surface area contributed by atoms with Crippen LogP contribution >= 0.6 is 11.6 Å². The van der Waals surface area contributed by atoms with Gasteiger partial charge in [-0.2, -0.15) is 5.10 Å². The lowest BCUT2D eigenvalue weighted by Gasteiger charge is -2.08. The number of H-pyrrole nitrogens is 1. The van der Waals surface area contributed by atoms with Gasteiger partial charge in [0.05, 0.1) is 11.7 Å². The summed E-state index contributed by atoms with van der Waals surface area (Å²) in [5.41, 5.74) is 7.92. The third kappa shape index (κ3) is 1.96. The van der Waals surface area contributed by atoms with Gasteiger partial charge in [0.2, 0.25) is 0 Å². The van der Waals surface area contributed by atoms with Crippen LogP contribution in [-0.4, -0.2) is 19.7 Å². The van der Waals surface area contributed by atoms with E-state index in [1.54, 1.807) is 17.1 Å². The molecule has 0 saturated heterocycles. The van der Waals surface area contributed by atoms with Crippen molar-refractivity contribution in [2.75, 3.05) is 0 Å². The molecule has 16 heavy (non-hydrogen) atoms. The first-order valence-corrected chi connectivity index (χ1v) is 5.40. The fourth-order valence-electron chi connectivity index (χ4n) is 1.70. The fourth-order valence-corrected chi connectivity index (χ4v) is 1.95. The van der Waals surface area contributed by atoms with Crippen LogP contribution in [0.15, 0.2) is 12.4 Å². The molecule has 0 aliphatic carbocycles. The molecular formula is C10H14ClN5. The van der Waals surface area contributed by atoms with Crippen LogP contribution in [0, 0.1) is 6.92 Å². The summed E-state index contributed by atoms with van der Waals surface area (Å²) in [7, 11) is 1.82. The molecule has 0 spiro atoms. The molecule has 3 N–H and O–H groups in total. The Kier molecular flexibility index (Phi) is 2.98. The van der Waals surface area contributed by atoms with E-state index in [2.05, 4.69) is 15.1 Å². The molecule has 0 bridgehead atoms. The maximum absolute atomic E-state index is 6.13. The van der Waals surface area contributed by atoms with Crippen LogP contribution in [0.25, 0.3) is 0 Å². The number of nitrogens with one attached hydrogen (secondary N) is 1. The van der Waals surface area contributed by atoms with Gasteiger partial charge in [0, 0.05) is 25.0 Å². The van der Waals surface area contributed by atoms with Crippen LogP contribution < -0.4 is 5.73 Å². The van der Waals surface area contributed by atoms with Gasteiger partial charge in [-0.1, -0.05) is 11.6 Å². The smallest absolute Gasteiger partial charge is 0.130 e. The molecule has 0 radical (unpaired) electrons. The second kappa shape index (κ2) is 4.27. The zero-order valence-corrected chi connectivity index (χ0v) is 9.99. The van der Waals surface area contributed by atoms with Gasteiger partial charge in [-0.3, -0.25) is 4.68 Å². The van der Waals surface area contributed by atoms with Gasteiger partial charge in [-0.25, -0.2) is 4.98 Å². The minimum Gasteiger partial charge on any atom is -0.347 e. The summed E-state index contributed by atoms with van der Waals surface area (Å²) in [5, 5.41) is 4.88. The number of halogens is 1. The van der Waals surface area contributed by atoms with Gasteiger partial charge in [-0.05, 0) is 13.3 Å². The van der Waals surface area contributed by atoms with Gasteiger partial charge >= 0.3 is 0 Å². The molecule has 5 nitrogen and oxygen atoms in total. The van der Waals surface area contributed by atoms with Crippen molar-refractivity contribution in [1.82, 2.24) is 19.7 Å². The summed E-state index contributed by atoms with van der Waals surface area (Å²) < 4.78 is 1.65. The molecule has 0 amide bonds. The van der Waals surface area contributed by atoms with Crippen molar-refractivity contribution in [3.05, 3.63) is 34.6 Å². The molecule has 2 rings (SSSR count). The number of aryl methyl sites for hydroxylation is 2. The third-order valence-electron chi connectivity index (χ3n) is 2.56. The quantitative estimate of drug-likeness (QED) is 0.849. The molecule has 0 aliphatic heterocycles. The molecule has 1 unspecified atom stereocenters. The Balaban J connectivity index is 2.21. The summed E-state index contributed by atoms with van der Waals surface area (Å²) in [5.74, 6) is 0.763. The first-order valence-electron chi connectivity index (χ1n) is 5.02. The SMILES string of the molecule is Cc1nn(C)c(Cl)c1CC(N)c1ncc[nH]1. The number of aromatic nitrogens is 4. The van der Waals surface area contributed by atoms with Crippen LogP contribution in [0.3, 0.4) is 0 Å². The van der Waals surface area contributed by atoms with E-state index in [1.165, 1.54) is 0 Å². The number of imidazole rings is 1. The molecule has 2 aromatic rings. The second-order valence-electron chi connectivity index (χ2n) is 3.76. The molecular weight excluding hydrogens is 226 g/mol. The highest BCUT2D eigenvalue weighted by Gasteiger charge is 2.16. The Morgan fingerprint density at radius 2 is 2.38 bits per heavy atom. The summed E-state index contributed by atoms with van der Waals surface area (Å²) >= 11 is 6.13. The van der Waals surface area contributed by atoms with E-state index in [0.717, 1.165) is 17.1 Å². The Morgan fingerprint density at radius 1 is 1.62 bits per heavy atom. The van der Waals surface area contributed by atoms with Gasteiger partial charge in [0.15, 0.2) is 0 Å². The first kappa shape index (κ1) is 11.2. The number of hydrogen-bond donors (Lipinski definition) is 2. The zero-order chi connectivity index (χ0) is 11.7. The first-order chi connectivity index (χ1) is 7.59. The summed E-state index contributed by atoms with van der Waals surface area (Å²) in [4.78, 5) is 7.12. The minimum absolute atomic E-state index is 0.185. The van der Waals surface area contributed by atoms with Crippen molar-refractivity contribution in [3.8, 4) is 0 Å². The van der Waals surface area contributed by atoms with Crippen molar-refractivity contribution in [3.63, 3.8) is 0 Å². The van der Waals surface area contributed by atoms with Crippen molar-refractivity contribution >= 4 is 11.6 Å². The number of aromatic amines is 1. The van der Waals surface area contributed by atoms with Crippen LogP contribution in [0.1, 0.15) is 23.1 Å². The van der Waals surface area contributed by atoms with Crippen molar-refractivity contribution < 1.29 is 0 Å². The van der Waals surface area contributed by atoms with Crippen molar-refractivity contribution in [2.45, 2.75) is 19.4 Å². The Labute approximate surface area is 98.6 Å². The molecule has 1 atom stereocenters. The lowest BCUT2D eigenvalue weighted by molar-refractivity contribution is 0.675. The molecule has 2 aromatic heterocycles. The molecule has 86 valence electrons. The zero-order valence-electron chi connectivity index (χ0n) is 9.24. The molecule has 0 fully saturated rings. The highest BCUT2D eigenvalue weighted by atomic mass is 35.5. The van der Waals surface area contributed by atoms with Crippen LogP contribution in [-0.2, 0) is 13.5 Å². The van der Waals surface area contributed by atoms with E-state index < -0.39 is 0 Å². The fraction of sp³-hybridized carbons (Fsp3) is 0.400. The lowest BCUT2D eigenvalue weighted by Crippen LogP contribution is -2.15. The van der Waals surface area contributed by atoms with E-state index >= 15 is 0 Å². The summed E-state index contributed by atoms with van der Waals surface area (Å²) in [6.45, 7) is 1.93. The molecule has 2 heterocycles. The molecule has 0 aromatic carbocycles. The predicted octanol–water partition coefficient (Wildman–Crippen LogP) is 1.35. The van der Waals surface area contributed by atoms with Gasteiger partial charge < -0.3 is 10.7 Å². The van der Waals surface area contributed by atoms with E-state index in [9.17, 15) is 0 Å². The van der Waals surface area contributed by atoms with Crippen molar-refractivity contribution in [2.24, 2.45) is 12.8 Å². The van der Waals surface area contributed by atoms with Gasteiger partial charge in [0.1, 0.15) is 11.0 Å². The monoisotopic (exact) mass is 239 g/mol. The van der Waals surface area contributed by atoms with Gasteiger partial charge in [0.25, 0.3) is 0 Å². The van der Waals surface area contributed by atoms with Crippen LogP contribution in [0.5, 0.6) is 0 Å². The second-order valence-corrected chi connectivity index (χ2v) is 4.12. The third-order valence-corrected chi connectivity index (χ3v) is 3.04. The highest BCUT2D eigenvalue weighted by Crippen LogP contribution is 2.23. The maximum atomic E-state index is 6.13. The topological polar surface area (TPSA) is 72.5 Å². The van der Waals surface area contributed by atoms with Crippen LogP contribution in [0.4, 0.5) is 0 Å².